The van der Waals surface area contributed by atoms with Gasteiger partial charge in [-0.3, -0.25) is 4.79 Å². The number of amides is 1. The maximum Gasteiger partial charge on any atom is 0.271 e. The third kappa shape index (κ3) is 3.68. The fourth-order valence-corrected chi connectivity index (χ4v) is 2.44. The van der Waals surface area contributed by atoms with Gasteiger partial charge in [-0.05, 0) is 18.8 Å². The minimum Gasteiger partial charge on any atom is -0.382 e. The Morgan fingerprint density at radius 2 is 2.11 bits per heavy atom. The van der Waals surface area contributed by atoms with Gasteiger partial charge >= 0.3 is 0 Å². The van der Waals surface area contributed by atoms with E-state index in [2.05, 4.69) is 15.3 Å². The van der Waals surface area contributed by atoms with Crippen LogP contribution in [0.4, 0.5) is 5.82 Å². The van der Waals surface area contributed by atoms with E-state index in [0.29, 0.717) is 18.1 Å². The van der Waals surface area contributed by atoms with Gasteiger partial charge in [0.1, 0.15) is 11.5 Å². The van der Waals surface area contributed by atoms with Gasteiger partial charge in [-0.1, -0.05) is 25.7 Å². The standard InChI is InChI=1S/C13H20N4O/c14-12-9-16-11(8-17-12)13(18)15-7-3-6-10-4-1-2-5-10/h8-10H,1-7H2,(H2,14,17)(H,15,18). The minimum atomic E-state index is -0.172. The molecular weight excluding hydrogens is 228 g/mol. The van der Waals surface area contributed by atoms with E-state index >= 15 is 0 Å². The molecule has 0 saturated heterocycles. The van der Waals surface area contributed by atoms with Crippen LogP contribution in [0.25, 0.3) is 0 Å². The van der Waals surface area contributed by atoms with E-state index in [1.54, 1.807) is 0 Å². The van der Waals surface area contributed by atoms with E-state index < -0.39 is 0 Å². The molecule has 5 nitrogen and oxygen atoms in total. The summed E-state index contributed by atoms with van der Waals surface area (Å²) in [5, 5.41) is 2.86. The monoisotopic (exact) mass is 248 g/mol. The third-order valence-corrected chi connectivity index (χ3v) is 3.45. The fourth-order valence-electron chi connectivity index (χ4n) is 2.44. The first kappa shape index (κ1) is 12.8. The summed E-state index contributed by atoms with van der Waals surface area (Å²) in [5.41, 5.74) is 5.74. The Bertz CT molecular complexity index is 384. The van der Waals surface area contributed by atoms with E-state index in [1.165, 1.54) is 44.5 Å². The number of aromatic nitrogens is 2. The molecular formula is C13H20N4O. The van der Waals surface area contributed by atoms with Crippen LogP contribution in [-0.4, -0.2) is 22.4 Å². The Kier molecular flexibility index (Phi) is 4.50. The van der Waals surface area contributed by atoms with Crippen molar-refractivity contribution in [3.63, 3.8) is 0 Å². The van der Waals surface area contributed by atoms with Gasteiger partial charge in [0.2, 0.25) is 0 Å². The first-order chi connectivity index (χ1) is 8.75. The molecule has 98 valence electrons. The average molecular weight is 248 g/mol. The van der Waals surface area contributed by atoms with Crippen LogP contribution >= 0.6 is 0 Å². The highest BCUT2D eigenvalue weighted by Crippen LogP contribution is 2.28. The van der Waals surface area contributed by atoms with Gasteiger partial charge in [0, 0.05) is 6.54 Å². The van der Waals surface area contributed by atoms with Crippen LogP contribution in [0.15, 0.2) is 12.4 Å². The molecule has 1 aliphatic carbocycles. The van der Waals surface area contributed by atoms with Crippen LogP contribution in [0.5, 0.6) is 0 Å². The number of anilines is 1. The number of carbonyl (C=O) groups is 1. The van der Waals surface area contributed by atoms with Crippen molar-refractivity contribution in [1.29, 1.82) is 0 Å². The molecule has 0 unspecified atom stereocenters. The van der Waals surface area contributed by atoms with Gasteiger partial charge in [0.25, 0.3) is 5.91 Å². The van der Waals surface area contributed by atoms with Crippen molar-refractivity contribution >= 4 is 11.7 Å². The van der Waals surface area contributed by atoms with Crippen LogP contribution in [0, 0.1) is 5.92 Å². The molecule has 1 fully saturated rings. The number of hydrogen-bond acceptors (Lipinski definition) is 4. The molecule has 1 aromatic heterocycles. The number of nitrogen functional groups attached to an aromatic ring is 1. The number of rotatable bonds is 5. The molecule has 0 aromatic carbocycles. The Balaban J connectivity index is 1.66. The maximum absolute atomic E-state index is 11.7. The van der Waals surface area contributed by atoms with Gasteiger partial charge in [-0.2, -0.15) is 0 Å². The second-order valence-corrected chi connectivity index (χ2v) is 4.88. The average Bonchev–Trinajstić information content (AvgIpc) is 2.88. The smallest absolute Gasteiger partial charge is 0.271 e. The molecule has 3 N–H and O–H groups in total. The van der Waals surface area contributed by atoms with Crippen LogP contribution in [-0.2, 0) is 0 Å². The van der Waals surface area contributed by atoms with E-state index in [4.69, 9.17) is 5.73 Å². The van der Waals surface area contributed by atoms with Crippen molar-refractivity contribution < 1.29 is 4.79 Å². The molecule has 1 amide bonds. The highest BCUT2D eigenvalue weighted by atomic mass is 16.1. The lowest BCUT2D eigenvalue weighted by molar-refractivity contribution is 0.0947. The van der Waals surface area contributed by atoms with Crippen LogP contribution in [0.1, 0.15) is 49.0 Å². The zero-order valence-electron chi connectivity index (χ0n) is 10.6. The molecule has 0 atom stereocenters. The van der Waals surface area contributed by atoms with E-state index in [9.17, 15) is 4.79 Å². The molecule has 1 aromatic rings. The second-order valence-electron chi connectivity index (χ2n) is 4.88. The van der Waals surface area contributed by atoms with Gasteiger partial charge in [-0.15, -0.1) is 0 Å². The predicted octanol–water partition coefficient (Wildman–Crippen LogP) is 1.76. The molecule has 5 heteroatoms. The number of nitrogens with zero attached hydrogens (tertiary/aromatic N) is 2. The summed E-state index contributed by atoms with van der Waals surface area (Å²) in [6.45, 7) is 0.710. The van der Waals surface area contributed by atoms with Crippen molar-refractivity contribution in [3.05, 3.63) is 18.1 Å². The van der Waals surface area contributed by atoms with Gasteiger partial charge < -0.3 is 11.1 Å². The molecule has 18 heavy (non-hydrogen) atoms. The highest BCUT2D eigenvalue weighted by Gasteiger charge is 2.14. The summed E-state index contributed by atoms with van der Waals surface area (Å²) in [4.78, 5) is 19.5. The quantitative estimate of drug-likeness (QED) is 0.778. The lowest BCUT2D eigenvalue weighted by Crippen LogP contribution is -2.25. The third-order valence-electron chi connectivity index (χ3n) is 3.45. The Labute approximate surface area is 107 Å². The normalized spacial score (nSPS) is 15.8. The molecule has 0 spiro atoms. The van der Waals surface area contributed by atoms with E-state index in [1.807, 2.05) is 0 Å². The summed E-state index contributed by atoms with van der Waals surface area (Å²) in [7, 11) is 0. The van der Waals surface area contributed by atoms with Crippen molar-refractivity contribution in [2.45, 2.75) is 38.5 Å². The molecule has 0 radical (unpaired) electrons. The van der Waals surface area contributed by atoms with Crippen LogP contribution in [0.2, 0.25) is 0 Å². The van der Waals surface area contributed by atoms with E-state index in [-0.39, 0.29) is 5.91 Å². The van der Waals surface area contributed by atoms with Crippen molar-refractivity contribution in [2.75, 3.05) is 12.3 Å². The van der Waals surface area contributed by atoms with Crippen molar-refractivity contribution in [3.8, 4) is 0 Å². The first-order valence-corrected chi connectivity index (χ1v) is 6.61. The highest BCUT2D eigenvalue weighted by molar-refractivity contribution is 5.91. The zero-order chi connectivity index (χ0) is 12.8. The largest absolute Gasteiger partial charge is 0.382 e. The number of nitrogens with two attached hydrogens (primary N) is 1. The number of hydrogen-bond donors (Lipinski definition) is 2. The van der Waals surface area contributed by atoms with Crippen LogP contribution < -0.4 is 11.1 Å². The molecule has 2 rings (SSSR count). The topological polar surface area (TPSA) is 80.9 Å². The number of carbonyl (C=O) groups excluding carboxylic acids is 1. The second kappa shape index (κ2) is 6.33. The summed E-state index contributed by atoms with van der Waals surface area (Å²) >= 11 is 0. The van der Waals surface area contributed by atoms with Crippen LogP contribution in [0.3, 0.4) is 0 Å². The summed E-state index contributed by atoms with van der Waals surface area (Å²) in [6, 6.07) is 0. The molecule has 1 heterocycles. The fraction of sp³-hybridized carbons (Fsp3) is 0.615. The molecule has 0 bridgehead atoms. The minimum absolute atomic E-state index is 0.172. The maximum atomic E-state index is 11.7. The summed E-state index contributed by atoms with van der Waals surface area (Å²) in [5.74, 6) is 1.03. The van der Waals surface area contributed by atoms with Crippen molar-refractivity contribution in [1.82, 2.24) is 15.3 Å². The van der Waals surface area contributed by atoms with Gasteiger partial charge in [0.05, 0.1) is 12.4 Å². The SMILES string of the molecule is Nc1cnc(C(=O)NCCCC2CCCC2)cn1. The summed E-state index contributed by atoms with van der Waals surface area (Å²) < 4.78 is 0. The zero-order valence-corrected chi connectivity index (χ0v) is 10.6. The number of nitrogens with one attached hydrogen (secondary N) is 1. The molecule has 1 saturated carbocycles. The predicted molar refractivity (Wildman–Crippen MR) is 70.0 cm³/mol. The lowest BCUT2D eigenvalue weighted by Gasteiger charge is -2.09. The Morgan fingerprint density at radius 3 is 2.78 bits per heavy atom. The molecule has 1 aliphatic rings. The lowest BCUT2D eigenvalue weighted by atomic mass is 10.0. The first-order valence-electron chi connectivity index (χ1n) is 6.61. The van der Waals surface area contributed by atoms with Gasteiger partial charge in [-0.25, -0.2) is 9.97 Å². The summed E-state index contributed by atoms with van der Waals surface area (Å²) in [6.07, 6.45) is 10.5. The Hall–Kier alpha value is -1.65. The van der Waals surface area contributed by atoms with Crippen molar-refractivity contribution in [2.24, 2.45) is 5.92 Å². The Morgan fingerprint density at radius 1 is 1.33 bits per heavy atom. The van der Waals surface area contributed by atoms with Gasteiger partial charge in [0.15, 0.2) is 0 Å². The van der Waals surface area contributed by atoms with E-state index in [0.717, 1.165) is 12.3 Å². The molecule has 0 aliphatic heterocycles.